The zero-order valence-corrected chi connectivity index (χ0v) is 7.07. The lowest BCUT2D eigenvalue weighted by Crippen LogP contribution is -2.08. The summed E-state index contributed by atoms with van der Waals surface area (Å²) in [5.74, 6) is -0.0805. The summed E-state index contributed by atoms with van der Waals surface area (Å²) >= 11 is 0. The number of pyridine rings is 1. The van der Waals surface area contributed by atoms with E-state index in [0.717, 1.165) is 0 Å². The lowest BCUT2D eigenvalue weighted by molar-refractivity contribution is 0.101. The van der Waals surface area contributed by atoms with Crippen LogP contribution in [-0.4, -0.2) is 15.2 Å². The highest BCUT2D eigenvalue weighted by Crippen LogP contribution is 2.01. The Bertz CT molecular complexity index is 522. The molecule has 0 bridgehead atoms. The molecule has 4 heteroatoms. The monoisotopic (exact) mass is 176 g/mol. The Labute approximate surface area is 73.8 Å². The molecule has 0 saturated carbocycles. The fourth-order valence-electron chi connectivity index (χ4n) is 1.21. The number of carbonyl (C=O) groups is 1. The van der Waals surface area contributed by atoms with Gasteiger partial charge in [0.15, 0.2) is 5.78 Å². The standard InChI is InChI=1S/C9H8N2O2/c1-6(12)7-5-11-8(10-7)3-2-4-9(11)13/h2-5,10H,1H3. The van der Waals surface area contributed by atoms with Crippen LogP contribution < -0.4 is 5.56 Å². The van der Waals surface area contributed by atoms with Crippen LogP contribution in [0.4, 0.5) is 0 Å². The number of fused-ring (bicyclic) bond motifs is 1. The van der Waals surface area contributed by atoms with E-state index in [2.05, 4.69) is 4.98 Å². The van der Waals surface area contributed by atoms with E-state index in [0.29, 0.717) is 11.3 Å². The average molecular weight is 176 g/mol. The molecule has 0 atom stereocenters. The van der Waals surface area contributed by atoms with Crippen LogP contribution in [0.3, 0.4) is 0 Å². The van der Waals surface area contributed by atoms with Gasteiger partial charge in [-0.15, -0.1) is 0 Å². The molecule has 0 amide bonds. The van der Waals surface area contributed by atoms with Gasteiger partial charge in [-0.1, -0.05) is 6.07 Å². The highest BCUT2D eigenvalue weighted by Gasteiger charge is 2.04. The van der Waals surface area contributed by atoms with Crippen LogP contribution in [0.2, 0.25) is 0 Å². The summed E-state index contributed by atoms with van der Waals surface area (Å²) in [7, 11) is 0. The number of hydrogen-bond acceptors (Lipinski definition) is 2. The zero-order valence-electron chi connectivity index (χ0n) is 7.07. The molecule has 0 saturated heterocycles. The lowest BCUT2D eigenvalue weighted by Gasteiger charge is -1.86. The molecule has 13 heavy (non-hydrogen) atoms. The van der Waals surface area contributed by atoms with E-state index in [9.17, 15) is 9.59 Å². The quantitative estimate of drug-likeness (QED) is 0.654. The first kappa shape index (κ1) is 7.79. The van der Waals surface area contributed by atoms with Crippen molar-refractivity contribution in [3.05, 3.63) is 40.4 Å². The van der Waals surface area contributed by atoms with Gasteiger partial charge in [-0.3, -0.25) is 14.0 Å². The Morgan fingerprint density at radius 1 is 1.46 bits per heavy atom. The van der Waals surface area contributed by atoms with Crippen molar-refractivity contribution in [3.63, 3.8) is 0 Å². The molecule has 0 aliphatic heterocycles. The molecule has 0 aliphatic rings. The molecular formula is C9H8N2O2. The highest BCUT2D eigenvalue weighted by molar-refractivity contribution is 5.92. The van der Waals surface area contributed by atoms with E-state index in [1.54, 1.807) is 12.1 Å². The second kappa shape index (κ2) is 2.58. The molecule has 0 unspecified atom stereocenters. The first-order valence-electron chi connectivity index (χ1n) is 3.90. The number of Topliss-reactive ketones (excluding diaryl/α,β-unsaturated/α-hetero) is 1. The molecule has 2 aromatic heterocycles. The first-order chi connectivity index (χ1) is 6.18. The van der Waals surface area contributed by atoms with Gasteiger partial charge in [-0.25, -0.2) is 0 Å². The van der Waals surface area contributed by atoms with E-state index < -0.39 is 0 Å². The number of imidazole rings is 1. The molecule has 4 nitrogen and oxygen atoms in total. The van der Waals surface area contributed by atoms with Gasteiger partial charge in [0, 0.05) is 19.2 Å². The summed E-state index contributed by atoms with van der Waals surface area (Å²) < 4.78 is 1.41. The predicted octanol–water partition coefficient (Wildman–Crippen LogP) is 0.830. The normalized spacial score (nSPS) is 10.5. The summed E-state index contributed by atoms with van der Waals surface area (Å²) in [5, 5.41) is 0. The largest absolute Gasteiger partial charge is 0.337 e. The second-order valence-electron chi connectivity index (χ2n) is 2.84. The average Bonchev–Trinajstić information content (AvgIpc) is 2.49. The lowest BCUT2D eigenvalue weighted by atomic mass is 10.3. The smallest absolute Gasteiger partial charge is 0.256 e. The van der Waals surface area contributed by atoms with E-state index in [1.807, 2.05) is 0 Å². The highest BCUT2D eigenvalue weighted by atomic mass is 16.1. The van der Waals surface area contributed by atoms with Gasteiger partial charge in [0.25, 0.3) is 5.56 Å². The Balaban J connectivity index is 2.83. The van der Waals surface area contributed by atoms with Gasteiger partial charge in [0.1, 0.15) is 5.65 Å². The maximum Gasteiger partial charge on any atom is 0.256 e. The number of nitrogens with one attached hydrogen (secondary N) is 1. The van der Waals surface area contributed by atoms with E-state index in [4.69, 9.17) is 0 Å². The minimum absolute atomic E-state index is 0.0805. The van der Waals surface area contributed by atoms with Crippen molar-refractivity contribution in [2.75, 3.05) is 0 Å². The van der Waals surface area contributed by atoms with Gasteiger partial charge in [0.2, 0.25) is 0 Å². The molecule has 0 aromatic carbocycles. The number of nitrogens with zero attached hydrogens (tertiary/aromatic N) is 1. The zero-order chi connectivity index (χ0) is 9.42. The van der Waals surface area contributed by atoms with E-state index in [-0.39, 0.29) is 11.3 Å². The van der Waals surface area contributed by atoms with Crippen molar-refractivity contribution in [3.8, 4) is 0 Å². The minimum Gasteiger partial charge on any atom is -0.337 e. The third-order valence-electron chi connectivity index (χ3n) is 1.89. The number of aromatic nitrogens is 2. The number of H-pyrrole nitrogens is 1. The van der Waals surface area contributed by atoms with Crippen molar-refractivity contribution >= 4 is 11.4 Å². The predicted molar refractivity (Wildman–Crippen MR) is 48.0 cm³/mol. The van der Waals surface area contributed by atoms with Gasteiger partial charge < -0.3 is 4.98 Å². The summed E-state index contributed by atoms with van der Waals surface area (Å²) in [6, 6.07) is 4.84. The summed E-state index contributed by atoms with van der Waals surface area (Å²) in [4.78, 5) is 25.1. The van der Waals surface area contributed by atoms with Crippen LogP contribution in [0.15, 0.2) is 29.2 Å². The topological polar surface area (TPSA) is 54.3 Å². The first-order valence-corrected chi connectivity index (χ1v) is 3.90. The molecule has 2 aromatic rings. The van der Waals surface area contributed by atoms with Crippen LogP contribution >= 0.6 is 0 Å². The summed E-state index contributed by atoms with van der Waals surface area (Å²) in [6.07, 6.45) is 1.51. The Morgan fingerprint density at radius 3 is 2.85 bits per heavy atom. The van der Waals surface area contributed by atoms with Crippen LogP contribution in [-0.2, 0) is 0 Å². The molecule has 2 heterocycles. The fourth-order valence-corrected chi connectivity index (χ4v) is 1.21. The Hall–Kier alpha value is -1.84. The van der Waals surface area contributed by atoms with Crippen molar-refractivity contribution < 1.29 is 4.79 Å². The third-order valence-corrected chi connectivity index (χ3v) is 1.89. The molecule has 0 radical (unpaired) electrons. The molecule has 0 fully saturated rings. The minimum atomic E-state index is -0.138. The number of carbonyl (C=O) groups excluding carboxylic acids is 1. The maximum absolute atomic E-state index is 11.2. The molecule has 0 spiro atoms. The number of aromatic amines is 1. The second-order valence-corrected chi connectivity index (χ2v) is 2.84. The number of ketones is 1. The summed E-state index contributed by atoms with van der Waals surface area (Å²) in [6.45, 7) is 1.45. The maximum atomic E-state index is 11.2. The third kappa shape index (κ3) is 1.16. The molecule has 66 valence electrons. The van der Waals surface area contributed by atoms with Gasteiger partial charge in [0.05, 0.1) is 5.69 Å². The number of rotatable bonds is 1. The van der Waals surface area contributed by atoms with Crippen LogP contribution in [0.1, 0.15) is 17.4 Å². The van der Waals surface area contributed by atoms with Crippen LogP contribution in [0.5, 0.6) is 0 Å². The molecule has 1 N–H and O–H groups in total. The van der Waals surface area contributed by atoms with Crippen molar-refractivity contribution in [1.82, 2.24) is 9.38 Å². The van der Waals surface area contributed by atoms with E-state index >= 15 is 0 Å². The van der Waals surface area contributed by atoms with Crippen molar-refractivity contribution in [2.45, 2.75) is 6.92 Å². The van der Waals surface area contributed by atoms with Gasteiger partial charge in [-0.05, 0) is 6.07 Å². The van der Waals surface area contributed by atoms with E-state index in [1.165, 1.54) is 23.6 Å². The van der Waals surface area contributed by atoms with Crippen LogP contribution in [0.25, 0.3) is 5.65 Å². The van der Waals surface area contributed by atoms with Crippen molar-refractivity contribution in [2.24, 2.45) is 0 Å². The molecule has 2 rings (SSSR count). The SMILES string of the molecule is CC(=O)c1cn2c(=O)cccc2[nH]1. The number of hydrogen-bond donors (Lipinski definition) is 1. The molecule has 0 aliphatic carbocycles. The van der Waals surface area contributed by atoms with Gasteiger partial charge in [-0.2, -0.15) is 0 Å². The van der Waals surface area contributed by atoms with Crippen molar-refractivity contribution in [1.29, 1.82) is 0 Å². The summed E-state index contributed by atoms with van der Waals surface area (Å²) in [5.41, 5.74) is 0.947. The fraction of sp³-hybridized carbons (Fsp3) is 0.111. The Kier molecular flexibility index (Phi) is 1.55. The Morgan fingerprint density at radius 2 is 2.23 bits per heavy atom. The molecular weight excluding hydrogens is 168 g/mol. The van der Waals surface area contributed by atoms with Crippen LogP contribution in [0, 0.1) is 0 Å². The van der Waals surface area contributed by atoms with Gasteiger partial charge >= 0.3 is 0 Å².